The molecule has 0 radical (unpaired) electrons. The van der Waals surface area contributed by atoms with Crippen LogP contribution in [0.4, 0.5) is 0 Å². The summed E-state index contributed by atoms with van der Waals surface area (Å²) in [7, 11) is 0. The average Bonchev–Trinajstić information content (AvgIpc) is 1.81. The van der Waals surface area contributed by atoms with Crippen LogP contribution in [0.15, 0.2) is 0 Å². The first-order valence-electron chi connectivity index (χ1n) is 3.69. The second kappa shape index (κ2) is 4.78. The van der Waals surface area contributed by atoms with Gasteiger partial charge in [-0.1, -0.05) is 0 Å². The molecule has 3 N–H and O–H groups in total. The van der Waals surface area contributed by atoms with E-state index in [0.29, 0.717) is 0 Å². The van der Waals surface area contributed by atoms with Crippen LogP contribution in [0.3, 0.4) is 0 Å². The second-order valence-electron chi connectivity index (χ2n) is 2.66. The minimum absolute atomic E-state index is 0.115. The number of aliphatic hydroxyl groups is 2. The molecule has 0 aromatic rings. The Labute approximate surface area is 74.7 Å². The minimum Gasteiger partial charge on any atom is -0.481 e. The number of ether oxygens (including phenoxy) is 1. The van der Waals surface area contributed by atoms with Gasteiger partial charge in [-0.05, 0) is 6.42 Å². The molecule has 0 bridgehead atoms. The highest BCUT2D eigenvalue weighted by Gasteiger charge is 2.20. The van der Waals surface area contributed by atoms with Crippen LogP contribution >= 0.6 is 0 Å². The molecule has 0 unspecified atom stereocenters. The Morgan fingerprint density at radius 3 is 2.23 bits per heavy atom. The van der Waals surface area contributed by atoms with Crippen molar-refractivity contribution in [2.75, 3.05) is 0 Å². The molecule has 0 aliphatic heterocycles. The van der Waals surface area contributed by atoms with Gasteiger partial charge in [0.2, 0.25) is 0 Å². The third-order valence-corrected chi connectivity index (χ3v) is 1.08. The molecule has 6 nitrogen and oxygen atoms in total. The lowest BCUT2D eigenvalue weighted by atomic mass is 10.2. The Morgan fingerprint density at radius 1 is 1.31 bits per heavy atom. The van der Waals surface area contributed by atoms with E-state index < -0.39 is 17.9 Å². The lowest BCUT2D eigenvalue weighted by Gasteiger charge is -2.15. The van der Waals surface area contributed by atoms with Gasteiger partial charge in [0.05, 0.1) is 0 Å². The Hall–Kier alpha value is -1.14. The molecule has 0 aliphatic rings. The number of hydrogen-bond donors (Lipinski definition) is 3. The number of rotatable bonds is 5. The lowest BCUT2D eigenvalue weighted by molar-refractivity contribution is -0.307. The van der Waals surface area contributed by atoms with Crippen molar-refractivity contribution in [2.45, 2.75) is 32.2 Å². The largest absolute Gasteiger partial charge is 0.481 e. The molecule has 0 aromatic carbocycles. The molecule has 0 saturated carbocycles. The van der Waals surface area contributed by atoms with Gasteiger partial charge in [-0.3, -0.25) is 9.59 Å². The topological polar surface area (TPSA) is 104 Å². The van der Waals surface area contributed by atoms with Crippen molar-refractivity contribution < 1.29 is 29.6 Å². The third-order valence-electron chi connectivity index (χ3n) is 1.08. The van der Waals surface area contributed by atoms with E-state index in [4.69, 9.17) is 15.3 Å². The predicted octanol–water partition coefficient (Wildman–Crippen LogP) is -0.557. The van der Waals surface area contributed by atoms with Crippen LogP contribution < -0.4 is 0 Å². The highest BCUT2D eigenvalue weighted by Crippen LogP contribution is 2.04. The maximum absolute atomic E-state index is 10.7. The highest BCUT2D eigenvalue weighted by atomic mass is 16.8. The molecule has 0 fully saturated rings. The van der Waals surface area contributed by atoms with E-state index in [1.807, 2.05) is 0 Å². The van der Waals surface area contributed by atoms with E-state index >= 15 is 0 Å². The van der Waals surface area contributed by atoms with E-state index in [1.165, 1.54) is 0 Å². The van der Waals surface area contributed by atoms with Gasteiger partial charge in [0.25, 0.3) is 0 Å². The lowest BCUT2D eigenvalue weighted by Crippen LogP contribution is -2.30. The first kappa shape index (κ1) is 11.9. The van der Waals surface area contributed by atoms with Crippen molar-refractivity contribution >= 4 is 11.9 Å². The number of aliphatic carboxylic acids is 1. The zero-order valence-corrected chi connectivity index (χ0v) is 7.19. The molecule has 76 valence electrons. The van der Waals surface area contributed by atoms with Crippen LogP contribution in [0.1, 0.15) is 26.2 Å². The fourth-order valence-electron chi connectivity index (χ4n) is 0.651. The maximum atomic E-state index is 10.7. The first-order valence-corrected chi connectivity index (χ1v) is 3.69. The van der Waals surface area contributed by atoms with E-state index in [9.17, 15) is 9.59 Å². The van der Waals surface area contributed by atoms with Crippen molar-refractivity contribution in [2.24, 2.45) is 0 Å². The quantitative estimate of drug-likeness (QED) is 0.398. The van der Waals surface area contributed by atoms with Crippen LogP contribution in [0, 0.1) is 0 Å². The van der Waals surface area contributed by atoms with Gasteiger partial charge < -0.3 is 20.1 Å². The number of hydrogen-bond acceptors (Lipinski definition) is 5. The standard InChI is InChI=1S/C7H12O6/c1-7(11,12)13-6(10)4-2-3-5(8)9/h11-12H,2-4H2,1H3,(H,8,9). The van der Waals surface area contributed by atoms with E-state index in [0.717, 1.165) is 6.92 Å². The van der Waals surface area contributed by atoms with Gasteiger partial charge in [0.15, 0.2) is 0 Å². The summed E-state index contributed by atoms with van der Waals surface area (Å²) in [6, 6.07) is 0. The molecule has 0 amide bonds. The molecule has 0 aromatic heterocycles. The van der Waals surface area contributed by atoms with Gasteiger partial charge in [0.1, 0.15) is 0 Å². The van der Waals surface area contributed by atoms with Crippen molar-refractivity contribution in [1.82, 2.24) is 0 Å². The van der Waals surface area contributed by atoms with Crippen LogP contribution in [0.25, 0.3) is 0 Å². The number of carboxylic acids is 1. The Bertz CT molecular complexity index is 192. The summed E-state index contributed by atoms with van der Waals surface area (Å²) in [4.78, 5) is 20.7. The van der Waals surface area contributed by atoms with Gasteiger partial charge in [-0.25, -0.2) is 0 Å². The summed E-state index contributed by atoms with van der Waals surface area (Å²) in [6.45, 7) is 0.891. The third kappa shape index (κ3) is 8.77. The molecule has 0 aliphatic carbocycles. The fraction of sp³-hybridized carbons (Fsp3) is 0.714. The number of esters is 1. The summed E-state index contributed by atoms with van der Waals surface area (Å²) < 4.78 is 4.10. The molecule has 13 heavy (non-hydrogen) atoms. The van der Waals surface area contributed by atoms with Crippen LogP contribution in [0.2, 0.25) is 0 Å². The molecular weight excluding hydrogens is 180 g/mol. The zero-order valence-electron chi connectivity index (χ0n) is 7.19. The molecular formula is C7H12O6. The number of carbonyl (C=O) groups excluding carboxylic acids is 1. The van der Waals surface area contributed by atoms with Crippen molar-refractivity contribution in [1.29, 1.82) is 0 Å². The summed E-state index contributed by atoms with van der Waals surface area (Å²) in [5, 5.41) is 25.4. The molecule has 0 saturated heterocycles. The maximum Gasteiger partial charge on any atom is 0.321 e. The van der Waals surface area contributed by atoms with Crippen molar-refractivity contribution in [3.05, 3.63) is 0 Å². The molecule has 0 heterocycles. The number of carbonyl (C=O) groups is 2. The van der Waals surface area contributed by atoms with Crippen LogP contribution in [-0.2, 0) is 14.3 Å². The van der Waals surface area contributed by atoms with Gasteiger partial charge in [0, 0.05) is 19.8 Å². The summed E-state index contributed by atoms with van der Waals surface area (Å²) in [6.07, 6.45) is -0.185. The summed E-state index contributed by atoms with van der Waals surface area (Å²) in [5.74, 6) is -4.34. The van der Waals surface area contributed by atoms with E-state index in [-0.39, 0.29) is 19.3 Å². The molecule has 0 rings (SSSR count). The highest BCUT2D eigenvalue weighted by molar-refractivity contribution is 5.71. The van der Waals surface area contributed by atoms with Gasteiger partial charge in [-0.15, -0.1) is 0 Å². The first-order chi connectivity index (χ1) is 5.81. The Morgan fingerprint density at radius 2 is 1.85 bits per heavy atom. The molecule has 0 atom stereocenters. The van der Waals surface area contributed by atoms with E-state index in [1.54, 1.807) is 0 Å². The van der Waals surface area contributed by atoms with Crippen molar-refractivity contribution in [3.8, 4) is 0 Å². The summed E-state index contributed by atoms with van der Waals surface area (Å²) >= 11 is 0. The second-order valence-corrected chi connectivity index (χ2v) is 2.66. The SMILES string of the molecule is CC(O)(O)OC(=O)CCCC(=O)O. The number of carboxylic acid groups (broad SMARTS) is 1. The van der Waals surface area contributed by atoms with Crippen LogP contribution in [-0.4, -0.2) is 33.2 Å². The van der Waals surface area contributed by atoms with Crippen molar-refractivity contribution in [3.63, 3.8) is 0 Å². The Kier molecular flexibility index (Phi) is 4.36. The molecule has 0 spiro atoms. The predicted molar refractivity (Wildman–Crippen MR) is 40.4 cm³/mol. The van der Waals surface area contributed by atoms with E-state index in [2.05, 4.69) is 4.74 Å². The van der Waals surface area contributed by atoms with Gasteiger partial charge >= 0.3 is 17.9 Å². The smallest absolute Gasteiger partial charge is 0.321 e. The van der Waals surface area contributed by atoms with Gasteiger partial charge in [-0.2, -0.15) is 0 Å². The fourth-order valence-corrected chi connectivity index (χ4v) is 0.651. The monoisotopic (exact) mass is 192 g/mol. The Balaban J connectivity index is 3.59. The molecule has 6 heteroatoms. The zero-order chi connectivity index (χ0) is 10.5. The average molecular weight is 192 g/mol. The summed E-state index contributed by atoms with van der Waals surface area (Å²) in [5.41, 5.74) is 0. The van der Waals surface area contributed by atoms with Crippen LogP contribution in [0.5, 0.6) is 0 Å². The normalized spacial score (nSPS) is 11.0. The minimum atomic E-state index is -2.49.